The Bertz CT molecular complexity index is 1300. The van der Waals surface area contributed by atoms with E-state index in [1.807, 2.05) is 13.8 Å². The van der Waals surface area contributed by atoms with Gasteiger partial charge in [0.15, 0.2) is 0 Å². The Morgan fingerprint density at radius 2 is 1.71 bits per heavy atom. The lowest BCUT2D eigenvalue weighted by molar-refractivity contribution is -0.134. The van der Waals surface area contributed by atoms with Crippen molar-refractivity contribution in [3.63, 3.8) is 0 Å². The second-order valence-electron chi connectivity index (χ2n) is 8.37. The highest BCUT2D eigenvalue weighted by molar-refractivity contribution is 6.09. The first kappa shape index (κ1) is 28.2. The van der Waals surface area contributed by atoms with Gasteiger partial charge in [-0.25, -0.2) is 14.1 Å². The summed E-state index contributed by atoms with van der Waals surface area (Å²) in [4.78, 5) is 40.8. The molecule has 0 saturated carbocycles. The summed E-state index contributed by atoms with van der Waals surface area (Å²) in [7, 11) is 3.01. The number of para-hydroxylation sites is 1. The quantitative estimate of drug-likeness (QED) is 0.406. The monoisotopic (exact) mass is 521 g/mol. The van der Waals surface area contributed by atoms with E-state index in [0.717, 1.165) is 4.90 Å². The summed E-state index contributed by atoms with van der Waals surface area (Å²) in [6.07, 6.45) is -0.0299. The Kier molecular flexibility index (Phi) is 9.43. The van der Waals surface area contributed by atoms with E-state index in [4.69, 9.17) is 9.47 Å². The molecule has 38 heavy (non-hydrogen) atoms. The molecule has 0 unspecified atom stereocenters. The number of nitrogens with zero attached hydrogens (tertiary/aromatic N) is 1. The van der Waals surface area contributed by atoms with Gasteiger partial charge in [0.25, 0.3) is 5.91 Å². The molecule has 8 nitrogen and oxygen atoms in total. The highest BCUT2D eigenvalue weighted by atomic mass is 19.1. The molecule has 1 fully saturated rings. The Morgan fingerprint density at radius 3 is 2.34 bits per heavy atom. The first-order valence-electron chi connectivity index (χ1n) is 12.3. The number of amides is 4. The largest absolute Gasteiger partial charge is 0.497 e. The number of halogens is 1. The van der Waals surface area contributed by atoms with Gasteiger partial charge in [0.05, 0.1) is 19.9 Å². The molecule has 1 saturated heterocycles. The van der Waals surface area contributed by atoms with Crippen LogP contribution in [-0.2, 0) is 16.0 Å². The molecule has 0 aromatic heterocycles. The maximum atomic E-state index is 14.5. The van der Waals surface area contributed by atoms with E-state index in [1.165, 1.54) is 26.4 Å². The number of urea groups is 1. The summed E-state index contributed by atoms with van der Waals surface area (Å²) < 4.78 is 25.0. The van der Waals surface area contributed by atoms with Crippen LogP contribution in [0.2, 0.25) is 0 Å². The molecule has 2 N–H and O–H groups in total. The van der Waals surface area contributed by atoms with E-state index in [9.17, 15) is 18.8 Å². The van der Waals surface area contributed by atoms with Gasteiger partial charge in [0.2, 0.25) is 5.91 Å². The maximum Gasteiger partial charge on any atom is 0.325 e. The molecule has 0 aliphatic carbocycles. The van der Waals surface area contributed by atoms with Crippen molar-refractivity contribution in [2.24, 2.45) is 0 Å². The number of carbonyl (C=O) groups excluding carboxylic acids is 3. The molecule has 0 bridgehead atoms. The summed E-state index contributed by atoms with van der Waals surface area (Å²) in [5, 5.41) is 5.19. The third-order valence-corrected chi connectivity index (χ3v) is 6.02. The number of hydrogen-bond acceptors (Lipinski definition) is 5. The SMILES string of the molecule is CC.COc1ccc([C@H]2NC(=O)N([C@@H](Cc3ccccc3OC)C(=O)Nc3ccc(C)cc3F)C2=O)cc1. The normalized spacial score (nSPS) is 15.2. The molecule has 4 rings (SSSR count). The van der Waals surface area contributed by atoms with Crippen LogP contribution in [-0.4, -0.2) is 43.0 Å². The van der Waals surface area contributed by atoms with Crippen molar-refractivity contribution in [2.45, 2.75) is 39.3 Å². The predicted octanol–water partition coefficient (Wildman–Crippen LogP) is 5.02. The molecule has 200 valence electrons. The van der Waals surface area contributed by atoms with Crippen LogP contribution in [0.15, 0.2) is 66.7 Å². The molecule has 3 aromatic carbocycles. The Hall–Kier alpha value is -4.40. The average molecular weight is 522 g/mol. The lowest BCUT2D eigenvalue weighted by atomic mass is 10.0. The highest BCUT2D eigenvalue weighted by Gasteiger charge is 2.45. The molecule has 1 aliphatic rings. The summed E-state index contributed by atoms with van der Waals surface area (Å²) >= 11 is 0. The number of rotatable bonds is 8. The Morgan fingerprint density at radius 1 is 1.03 bits per heavy atom. The van der Waals surface area contributed by atoms with Gasteiger partial charge in [-0.2, -0.15) is 0 Å². The zero-order valence-electron chi connectivity index (χ0n) is 22.1. The van der Waals surface area contributed by atoms with Crippen LogP contribution < -0.4 is 20.1 Å². The molecular weight excluding hydrogens is 489 g/mol. The van der Waals surface area contributed by atoms with Crippen LogP contribution in [0.3, 0.4) is 0 Å². The molecule has 9 heteroatoms. The van der Waals surface area contributed by atoms with Crippen molar-refractivity contribution < 1.29 is 28.2 Å². The number of ether oxygens (including phenoxy) is 2. The number of nitrogens with one attached hydrogen (secondary N) is 2. The van der Waals surface area contributed by atoms with Crippen molar-refractivity contribution in [3.8, 4) is 11.5 Å². The van der Waals surface area contributed by atoms with E-state index in [0.29, 0.717) is 28.2 Å². The zero-order valence-corrected chi connectivity index (χ0v) is 22.1. The van der Waals surface area contributed by atoms with Gasteiger partial charge in [-0.15, -0.1) is 0 Å². The van der Waals surface area contributed by atoms with Gasteiger partial charge < -0.3 is 20.1 Å². The van der Waals surface area contributed by atoms with E-state index in [2.05, 4.69) is 10.6 Å². The highest BCUT2D eigenvalue weighted by Crippen LogP contribution is 2.29. The summed E-state index contributed by atoms with van der Waals surface area (Å²) in [6.45, 7) is 5.73. The molecule has 0 radical (unpaired) electrons. The number of benzene rings is 3. The molecular formula is C29H32FN3O5. The van der Waals surface area contributed by atoms with Crippen molar-refractivity contribution in [2.75, 3.05) is 19.5 Å². The van der Waals surface area contributed by atoms with Crippen molar-refractivity contribution in [3.05, 3.63) is 89.2 Å². The molecule has 3 aromatic rings. The zero-order chi connectivity index (χ0) is 27.8. The Balaban J connectivity index is 0.00000195. The minimum absolute atomic E-state index is 0.0299. The molecule has 0 spiro atoms. The molecule has 4 amide bonds. The summed E-state index contributed by atoms with van der Waals surface area (Å²) in [6, 6.07) is 15.1. The summed E-state index contributed by atoms with van der Waals surface area (Å²) in [5.41, 5.74) is 1.79. The lowest BCUT2D eigenvalue weighted by Gasteiger charge is -2.25. The predicted molar refractivity (Wildman–Crippen MR) is 143 cm³/mol. The van der Waals surface area contributed by atoms with Crippen LogP contribution >= 0.6 is 0 Å². The number of imide groups is 1. The third kappa shape index (κ3) is 6.11. The van der Waals surface area contributed by atoms with E-state index >= 15 is 0 Å². The topological polar surface area (TPSA) is 97.0 Å². The van der Waals surface area contributed by atoms with E-state index in [-0.39, 0.29) is 12.1 Å². The average Bonchev–Trinajstić information content (AvgIpc) is 3.23. The van der Waals surface area contributed by atoms with Gasteiger partial charge in [-0.3, -0.25) is 9.59 Å². The van der Waals surface area contributed by atoms with E-state index in [1.54, 1.807) is 61.5 Å². The maximum absolute atomic E-state index is 14.5. The van der Waals surface area contributed by atoms with Crippen LogP contribution in [0, 0.1) is 12.7 Å². The second-order valence-corrected chi connectivity index (χ2v) is 8.37. The lowest BCUT2D eigenvalue weighted by Crippen LogP contribution is -2.49. The van der Waals surface area contributed by atoms with Gasteiger partial charge in [-0.1, -0.05) is 50.2 Å². The van der Waals surface area contributed by atoms with Crippen molar-refractivity contribution >= 4 is 23.5 Å². The number of methoxy groups -OCH3 is 2. The van der Waals surface area contributed by atoms with E-state index < -0.39 is 35.7 Å². The number of anilines is 1. The van der Waals surface area contributed by atoms with Gasteiger partial charge >= 0.3 is 6.03 Å². The fourth-order valence-corrected chi connectivity index (χ4v) is 4.13. The minimum Gasteiger partial charge on any atom is -0.497 e. The first-order valence-corrected chi connectivity index (χ1v) is 12.3. The summed E-state index contributed by atoms with van der Waals surface area (Å²) in [5.74, 6) is -0.823. The fourth-order valence-electron chi connectivity index (χ4n) is 4.13. The van der Waals surface area contributed by atoms with Crippen LogP contribution in [0.25, 0.3) is 0 Å². The molecule has 1 heterocycles. The van der Waals surface area contributed by atoms with Crippen molar-refractivity contribution in [1.82, 2.24) is 10.2 Å². The molecule has 2 atom stereocenters. The van der Waals surface area contributed by atoms with Crippen LogP contribution in [0.1, 0.15) is 36.6 Å². The third-order valence-electron chi connectivity index (χ3n) is 6.02. The second kappa shape index (κ2) is 12.7. The van der Waals surface area contributed by atoms with Gasteiger partial charge in [0, 0.05) is 6.42 Å². The number of hydrogen-bond donors (Lipinski definition) is 2. The van der Waals surface area contributed by atoms with Gasteiger partial charge in [0.1, 0.15) is 29.4 Å². The number of carbonyl (C=O) groups is 3. The van der Waals surface area contributed by atoms with Crippen LogP contribution in [0.5, 0.6) is 11.5 Å². The Labute approximate surface area is 221 Å². The van der Waals surface area contributed by atoms with Crippen LogP contribution in [0.4, 0.5) is 14.9 Å². The standard InChI is InChI=1S/C27H26FN3O5.C2H6/c1-16-8-13-21(20(28)14-16)29-25(32)22(15-18-6-4-5-7-23(18)36-3)31-26(33)24(30-27(31)34)17-9-11-19(35-2)12-10-17;1-2/h4-14,22,24H,15H2,1-3H3,(H,29,32)(H,30,34);1-2H3/t22-,24+;/m0./s1. The smallest absolute Gasteiger partial charge is 0.325 e. The minimum atomic E-state index is -1.27. The first-order chi connectivity index (χ1) is 18.3. The molecule has 1 aliphatic heterocycles. The fraction of sp³-hybridized carbons (Fsp3) is 0.276. The van der Waals surface area contributed by atoms with Gasteiger partial charge in [-0.05, 0) is 53.9 Å². The number of aryl methyl sites for hydroxylation is 1. The van der Waals surface area contributed by atoms with Crippen molar-refractivity contribution in [1.29, 1.82) is 0 Å².